The lowest BCUT2D eigenvalue weighted by Crippen LogP contribution is -2.54. The molecule has 41 heavy (non-hydrogen) atoms. The maximum absolute atomic E-state index is 14.5. The second kappa shape index (κ2) is 10.3. The molecule has 9 heteroatoms. The maximum Gasteiger partial charge on any atom is 0.250 e. The van der Waals surface area contributed by atoms with Gasteiger partial charge in [-0.3, -0.25) is 14.4 Å². The van der Waals surface area contributed by atoms with Crippen LogP contribution in [-0.4, -0.2) is 51.6 Å². The standard InChI is InChI=1S/C32H32ClN3O5/c1-19-17-32-26(25(31(19,2)41-32)28(38)34-22-11-7-4-8-12-22)30(40)36(24(18-37)20-9-5-3-6-10-20)27(32)29(39)35-23-15-13-21(33)14-16-23/h3-16,19,24-27,37H,17-18H2,1-2H3,(H,34,38)(H,35,39)/t19?,24-,25+,26+,27?,31-,32?/m1/s1. The molecule has 3 aromatic rings. The average molecular weight is 574 g/mol. The van der Waals surface area contributed by atoms with Crippen LogP contribution in [0.1, 0.15) is 31.9 Å². The molecule has 3 saturated heterocycles. The molecule has 7 atom stereocenters. The van der Waals surface area contributed by atoms with Gasteiger partial charge in [-0.05, 0) is 61.2 Å². The fraction of sp³-hybridized carbons (Fsp3) is 0.344. The molecule has 3 aromatic carbocycles. The van der Waals surface area contributed by atoms with E-state index in [0.717, 1.165) is 0 Å². The molecular weight excluding hydrogens is 542 g/mol. The van der Waals surface area contributed by atoms with Gasteiger partial charge < -0.3 is 25.4 Å². The first-order chi connectivity index (χ1) is 19.7. The summed E-state index contributed by atoms with van der Waals surface area (Å²) < 4.78 is 6.79. The fourth-order valence-corrected chi connectivity index (χ4v) is 7.35. The minimum atomic E-state index is -1.26. The molecule has 3 N–H and O–H groups in total. The van der Waals surface area contributed by atoms with E-state index >= 15 is 0 Å². The molecule has 3 amide bonds. The summed E-state index contributed by atoms with van der Waals surface area (Å²) in [5, 5.41) is 17.1. The van der Waals surface area contributed by atoms with Crippen molar-refractivity contribution in [2.24, 2.45) is 17.8 Å². The molecular formula is C32H32ClN3O5. The lowest BCUT2D eigenvalue weighted by atomic mass is 9.62. The Labute approximate surface area is 243 Å². The van der Waals surface area contributed by atoms with E-state index in [1.54, 1.807) is 36.4 Å². The molecule has 8 nitrogen and oxygen atoms in total. The summed E-state index contributed by atoms with van der Waals surface area (Å²) in [6, 6.07) is 23.0. The molecule has 6 rings (SSSR count). The fourth-order valence-electron chi connectivity index (χ4n) is 7.23. The Kier molecular flexibility index (Phi) is 6.88. The van der Waals surface area contributed by atoms with E-state index in [0.29, 0.717) is 28.4 Å². The van der Waals surface area contributed by atoms with Crippen molar-refractivity contribution in [3.05, 3.63) is 95.5 Å². The molecule has 0 aromatic heterocycles. The number of carbonyl (C=O) groups is 3. The van der Waals surface area contributed by atoms with Crippen molar-refractivity contribution in [3.8, 4) is 0 Å². The average Bonchev–Trinajstić information content (AvgIpc) is 3.48. The number of hydrogen-bond acceptors (Lipinski definition) is 5. The number of anilines is 2. The highest BCUT2D eigenvalue weighted by molar-refractivity contribution is 6.30. The van der Waals surface area contributed by atoms with Gasteiger partial charge in [-0.15, -0.1) is 0 Å². The van der Waals surface area contributed by atoms with Gasteiger partial charge >= 0.3 is 0 Å². The first-order valence-corrected chi connectivity index (χ1v) is 14.2. The van der Waals surface area contributed by atoms with Crippen LogP contribution >= 0.6 is 11.6 Å². The summed E-state index contributed by atoms with van der Waals surface area (Å²) in [5.41, 5.74) is -0.420. The first kappa shape index (κ1) is 27.4. The summed E-state index contributed by atoms with van der Waals surface area (Å²) >= 11 is 6.05. The quantitative estimate of drug-likeness (QED) is 0.381. The Bertz CT molecular complexity index is 1470. The number of amides is 3. The van der Waals surface area contributed by atoms with E-state index in [-0.39, 0.29) is 17.7 Å². The predicted octanol–water partition coefficient (Wildman–Crippen LogP) is 4.66. The highest BCUT2D eigenvalue weighted by Gasteiger charge is 2.80. The van der Waals surface area contributed by atoms with E-state index in [9.17, 15) is 19.5 Å². The molecule has 3 unspecified atom stereocenters. The van der Waals surface area contributed by atoms with Crippen LogP contribution in [0, 0.1) is 17.8 Å². The van der Waals surface area contributed by atoms with Gasteiger partial charge in [0.15, 0.2) is 0 Å². The largest absolute Gasteiger partial charge is 0.394 e. The third-order valence-electron chi connectivity index (χ3n) is 9.13. The van der Waals surface area contributed by atoms with Crippen LogP contribution < -0.4 is 10.6 Å². The monoisotopic (exact) mass is 573 g/mol. The van der Waals surface area contributed by atoms with Crippen molar-refractivity contribution in [3.63, 3.8) is 0 Å². The second-order valence-electron chi connectivity index (χ2n) is 11.4. The number of carbonyl (C=O) groups excluding carboxylic acids is 3. The van der Waals surface area contributed by atoms with Crippen LogP contribution in [0.3, 0.4) is 0 Å². The number of ether oxygens (including phenoxy) is 1. The van der Waals surface area contributed by atoms with E-state index in [1.807, 2.05) is 62.4 Å². The van der Waals surface area contributed by atoms with Crippen molar-refractivity contribution < 1.29 is 24.2 Å². The van der Waals surface area contributed by atoms with Gasteiger partial charge in [0.1, 0.15) is 11.6 Å². The summed E-state index contributed by atoms with van der Waals surface area (Å²) in [5.74, 6) is -3.03. The number of nitrogens with one attached hydrogen (secondary N) is 2. The number of aliphatic hydroxyl groups excluding tert-OH is 1. The van der Waals surface area contributed by atoms with Gasteiger partial charge in [0.25, 0.3) is 0 Å². The molecule has 3 aliphatic rings. The SMILES string of the molecule is CC1CC23O[C@@]1(C)[C@H](C(=O)Nc1ccccc1)[C@H]2C(=O)N([C@H](CO)c1ccccc1)C3C(=O)Nc1ccc(Cl)cc1. The van der Waals surface area contributed by atoms with Gasteiger partial charge in [0, 0.05) is 16.4 Å². The molecule has 212 valence electrons. The Morgan fingerprint density at radius 2 is 1.56 bits per heavy atom. The van der Waals surface area contributed by atoms with Crippen molar-refractivity contribution >= 4 is 40.7 Å². The predicted molar refractivity (Wildman–Crippen MR) is 155 cm³/mol. The number of benzene rings is 3. The third kappa shape index (κ3) is 4.33. The zero-order valence-electron chi connectivity index (χ0n) is 22.8. The van der Waals surface area contributed by atoms with Crippen LogP contribution in [0.5, 0.6) is 0 Å². The third-order valence-corrected chi connectivity index (χ3v) is 9.38. The van der Waals surface area contributed by atoms with Gasteiger partial charge in [0.2, 0.25) is 17.7 Å². The molecule has 0 saturated carbocycles. The van der Waals surface area contributed by atoms with E-state index < -0.39 is 47.6 Å². The van der Waals surface area contributed by atoms with Gasteiger partial charge in [-0.2, -0.15) is 0 Å². The Morgan fingerprint density at radius 3 is 2.20 bits per heavy atom. The summed E-state index contributed by atoms with van der Waals surface area (Å²) in [6.45, 7) is 3.46. The molecule has 0 radical (unpaired) electrons. The smallest absolute Gasteiger partial charge is 0.250 e. The number of halogens is 1. The Hall–Kier alpha value is -3.72. The number of likely N-dealkylation sites (tertiary alicyclic amines) is 1. The van der Waals surface area contributed by atoms with Crippen LogP contribution in [0.4, 0.5) is 11.4 Å². The van der Waals surface area contributed by atoms with Crippen LogP contribution in [0.2, 0.25) is 5.02 Å². The first-order valence-electron chi connectivity index (χ1n) is 13.8. The topological polar surface area (TPSA) is 108 Å². The molecule has 0 aliphatic carbocycles. The van der Waals surface area contributed by atoms with Crippen LogP contribution in [-0.2, 0) is 19.1 Å². The molecule has 3 aliphatic heterocycles. The van der Waals surface area contributed by atoms with Crippen LogP contribution in [0.25, 0.3) is 0 Å². The zero-order valence-corrected chi connectivity index (χ0v) is 23.5. The van der Waals surface area contributed by atoms with Crippen molar-refractivity contribution in [2.75, 3.05) is 17.2 Å². The number of hydrogen-bond donors (Lipinski definition) is 3. The number of nitrogens with zero attached hydrogens (tertiary/aromatic N) is 1. The number of rotatable bonds is 7. The van der Waals surface area contributed by atoms with Crippen molar-refractivity contribution in [1.82, 2.24) is 4.90 Å². The second-order valence-corrected chi connectivity index (χ2v) is 11.8. The lowest BCUT2D eigenvalue weighted by molar-refractivity contribution is -0.148. The highest BCUT2D eigenvalue weighted by Crippen LogP contribution is 2.66. The maximum atomic E-state index is 14.5. The van der Waals surface area contributed by atoms with Gasteiger partial charge in [-0.25, -0.2) is 0 Å². The Balaban J connectivity index is 1.45. The summed E-state index contributed by atoms with van der Waals surface area (Å²) in [6.07, 6.45) is 0.414. The normalized spacial score (nSPS) is 30.6. The molecule has 3 heterocycles. The van der Waals surface area contributed by atoms with Crippen molar-refractivity contribution in [1.29, 1.82) is 0 Å². The number of fused-ring (bicyclic) bond motifs is 1. The van der Waals surface area contributed by atoms with Gasteiger partial charge in [-0.1, -0.05) is 67.1 Å². The summed E-state index contributed by atoms with van der Waals surface area (Å²) in [7, 11) is 0. The number of aliphatic hydroxyl groups is 1. The van der Waals surface area contributed by atoms with E-state index in [2.05, 4.69) is 10.6 Å². The zero-order chi connectivity index (χ0) is 28.9. The minimum Gasteiger partial charge on any atom is -0.394 e. The van der Waals surface area contributed by atoms with Crippen molar-refractivity contribution in [2.45, 2.75) is 43.6 Å². The van der Waals surface area contributed by atoms with E-state index in [1.165, 1.54) is 4.90 Å². The summed E-state index contributed by atoms with van der Waals surface area (Å²) in [4.78, 5) is 44.1. The molecule has 3 fully saturated rings. The molecule has 1 spiro atoms. The molecule has 2 bridgehead atoms. The highest BCUT2D eigenvalue weighted by atomic mass is 35.5. The minimum absolute atomic E-state index is 0.117. The number of para-hydroxylation sites is 1. The lowest BCUT2D eigenvalue weighted by Gasteiger charge is -2.37. The van der Waals surface area contributed by atoms with E-state index in [4.69, 9.17) is 16.3 Å². The Morgan fingerprint density at radius 1 is 0.976 bits per heavy atom. The van der Waals surface area contributed by atoms with Gasteiger partial charge in [0.05, 0.1) is 30.1 Å². The van der Waals surface area contributed by atoms with Crippen LogP contribution in [0.15, 0.2) is 84.9 Å².